The second-order valence-electron chi connectivity index (χ2n) is 6.53. The summed E-state index contributed by atoms with van der Waals surface area (Å²) >= 11 is 7.05. The average molecular weight is 438 g/mol. The molecule has 1 aliphatic heterocycles. The molecule has 0 saturated carbocycles. The van der Waals surface area contributed by atoms with Crippen LogP contribution in [0.4, 0.5) is 11.4 Å². The number of nitrogens with zero attached hydrogens (tertiary/aromatic N) is 4. The molecule has 0 atom stereocenters. The highest BCUT2D eigenvalue weighted by molar-refractivity contribution is 7.15. The summed E-state index contributed by atoms with van der Waals surface area (Å²) in [5.74, 6) is -0.800. The Balaban J connectivity index is 1.55. The lowest BCUT2D eigenvalue weighted by Gasteiger charge is -2.16. The fourth-order valence-corrected chi connectivity index (χ4v) is 4.56. The van der Waals surface area contributed by atoms with E-state index >= 15 is 0 Å². The van der Waals surface area contributed by atoms with Gasteiger partial charge in [-0.2, -0.15) is 9.61 Å². The molecule has 0 saturated heterocycles. The summed E-state index contributed by atoms with van der Waals surface area (Å²) in [5.41, 5.74) is 1.54. The van der Waals surface area contributed by atoms with Gasteiger partial charge in [-0.3, -0.25) is 19.3 Å². The zero-order valence-corrected chi connectivity index (χ0v) is 16.8. The van der Waals surface area contributed by atoms with Gasteiger partial charge in [0.15, 0.2) is 0 Å². The zero-order valence-electron chi connectivity index (χ0n) is 15.2. The molecule has 4 aromatic rings. The molecule has 5 rings (SSSR count). The largest absolute Gasteiger partial charge is 0.324 e. The standard InChI is InChI=1S/C20H12ClN5O3S/c21-11-4-3-5-12(8-11)24-15(27)9-25-14-7-2-1-6-13(14)16(18(25)28)17-19(29)26-20(30-17)22-10-23-26/h1-8,10H,9H2,(H,24,27). The van der Waals surface area contributed by atoms with E-state index in [1.165, 1.54) is 11.2 Å². The van der Waals surface area contributed by atoms with Gasteiger partial charge in [0.2, 0.25) is 10.9 Å². The van der Waals surface area contributed by atoms with Crippen molar-refractivity contribution < 1.29 is 9.59 Å². The number of anilines is 2. The minimum atomic E-state index is -0.418. The smallest absolute Gasteiger partial charge is 0.291 e. The van der Waals surface area contributed by atoms with Crippen LogP contribution in [-0.4, -0.2) is 33.0 Å². The Morgan fingerprint density at radius 2 is 1.97 bits per heavy atom. The summed E-state index contributed by atoms with van der Waals surface area (Å²) in [6.45, 7) is -0.208. The number of carbonyl (C=O) groups excluding carboxylic acids is 2. The molecule has 2 amide bonds. The highest BCUT2D eigenvalue weighted by Gasteiger charge is 2.35. The Hall–Kier alpha value is -3.56. The van der Waals surface area contributed by atoms with Crippen LogP contribution in [0.15, 0.2) is 59.7 Å². The third-order valence-electron chi connectivity index (χ3n) is 4.66. The molecule has 0 unspecified atom stereocenters. The number of amides is 2. The van der Waals surface area contributed by atoms with E-state index in [-0.39, 0.29) is 22.6 Å². The highest BCUT2D eigenvalue weighted by atomic mass is 35.5. The molecule has 148 valence electrons. The number of aromatic nitrogens is 3. The summed E-state index contributed by atoms with van der Waals surface area (Å²) in [6.07, 6.45) is 1.29. The lowest BCUT2D eigenvalue weighted by Crippen LogP contribution is -2.37. The van der Waals surface area contributed by atoms with Crippen LogP contribution in [0, 0.1) is 0 Å². The van der Waals surface area contributed by atoms with Gasteiger partial charge < -0.3 is 5.32 Å². The Kier molecular flexibility index (Phi) is 4.34. The van der Waals surface area contributed by atoms with E-state index in [9.17, 15) is 14.4 Å². The minimum Gasteiger partial charge on any atom is -0.324 e. The van der Waals surface area contributed by atoms with Gasteiger partial charge >= 0.3 is 0 Å². The molecule has 1 N–H and O–H groups in total. The van der Waals surface area contributed by atoms with Gasteiger partial charge in [0, 0.05) is 16.3 Å². The molecule has 3 heterocycles. The molecular weight excluding hydrogens is 426 g/mol. The van der Waals surface area contributed by atoms with Crippen LogP contribution in [0.3, 0.4) is 0 Å². The monoisotopic (exact) mass is 437 g/mol. The van der Waals surface area contributed by atoms with E-state index < -0.39 is 11.5 Å². The fraction of sp³-hybridized carbons (Fsp3) is 0.0500. The molecular formula is C20H12ClN5O3S. The van der Waals surface area contributed by atoms with Gasteiger partial charge in [0.1, 0.15) is 17.4 Å². The van der Waals surface area contributed by atoms with E-state index in [2.05, 4.69) is 15.4 Å². The highest BCUT2D eigenvalue weighted by Crippen LogP contribution is 2.35. The first-order valence-corrected chi connectivity index (χ1v) is 10.1. The van der Waals surface area contributed by atoms with Crippen LogP contribution in [0.2, 0.25) is 5.02 Å². The molecule has 30 heavy (non-hydrogen) atoms. The third kappa shape index (κ3) is 2.95. The number of fused-ring (bicyclic) bond motifs is 2. The first-order valence-electron chi connectivity index (χ1n) is 8.86. The molecule has 2 aromatic carbocycles. The predicted molar refractivity (Wildman–Crippen MR) is 114 cm³/mol. The van der Waals surface area contributed by atoms with Crippen molar-refractivity contribution in [2.45, 2.75) is 0 Å². The first kappa shape index (κ1) is 18.5. The number of benzene rings is 2. The van der Waals surface area contributed by atoms with Crippen LogP contribution in [0.1, 0.15) is 5.56 Å². The van der Waals surface area contributed by atoms with Crippen molar-refractivity contribution in [3.8, 4) is 0 Å². The summed E-state index contributed by atoms with van der Waals surface area (Å²) < 4.78 is 1.41. The normalized spacial score (nSPS) is 15.0. The SMILES string of the molecule is O=C(CN1C(=O)C(=c2sc3ncnn3c2=O)c2ccccc21)Nc1cccc(Cl)c1. The molecule has 0 fully saturated rings. The Bertz CT molecular complexity index is 1440. The second-order valence-corrected chi connectivity index (χ2v) is 7.95. The van der Waals surface area contributed by atoms with Crippen LogP contribution < -0.4 is 20.3 Å². The van der Waals surface area contributed by atoms with Crippen LogP contribution in [0.5, 0.6) is 0 Å². The van der Waals surface area contributed by atoms with Crippen LogP contribution in [0.25, 0.3) is 10.5 Å². The van der Waals surface area contributed by atoms with E-state index in [0.717, 1.165) is 15.9 Å². The van der Waals surface area contributed by atoms with Gasteiger partial charge in [0.25, 0.3) is 11.5 Å². The van der Waals surface area contributed by atoms with Gasteiger partial charge in [-0.05, 0) is 24.3 Å². The van der Waals surface area contributed by atoms with E-state index in [1.807, 2.05) is 0 Å². The van der Waals surface area contributed by atoms with Crippen LogP contribution >= 0.6 is 22.9 Å². The minimum absolute atomic E-state index is 0.208. The zero-order chi connectivity index (χ0) is 20.8. The molecule has 2 aromatic heterocycles. The maximum atomic E-state index is 13.3. The molecule has 0 aliphatic carbocycles. The van der Waals surface area contributed by atoms with Gasteiger partial charge in [-0.15, -0.1) is 0 Å². The van der Waals surface area contributed by atoms with Crippen molar-refractivity contribution in [1.82, 2.24) is 14.6 Å². The Morgan fingerprint density at radius 3 is 2.77 bits per heavy atom. The van der Waals surface area contributed by atoms with Crippen LogP contribution in [-0.2, 0) is 9.59 Å². The van der Waals surface area contributed by atoms with Gasteiger partial charge in [-0.25, -0.2) is 4.98 Å². The van der Waals surface area contributed by atoms with Gasteiger partial charge in [-0.1, -0.05) is 47.2 Å². The maximum absolute atomic E-state index is 13.3. The summed E-state index contributed by atoms with van der Waals surface area (Å²) in [4.78, 5) is 44.4. The van der Waals surface area contributed by atoms with Crippen molar-refractivity contribution in [3.05, 3.63) is 80.3 Å². The third-order valence-corrected chi connectivity index (χ3v) is 5.94. The molecule has 10 heteroatoms. The quantitative estimate of drug-likeness (QED) is 0.526. The number of rotatable bonds is 3. The van der Waals surface area contributed by atoms with Crippen molar-refractivity contribution in [2.75, 3.05) is 16.8 Å². The van der Waals surface area contributed by atoms with E-state index in [1.54, 1.807) is 48.5 Å². The number of thiazole rings is 1. The van der Waals surface area contributed by atoms with Crippen molar-refractivity contribution >= 4 is 56.7 Å². The predicted octanol–water partition coefficient (Wildman–Crippen LogP) is 1.71. The Labute approximate surface area is 178 Å². The molecule has 0 spiro atoms. The summed E-state index contributed by atoms with van der Waals surface area (Å²) in [7, 11) is 0. The summed E-state index contributed by atoms with van der Waals surface area (Å²) in [6, 6.07) is 13.8. The molecule has 0 radical (unpaired) electrons. The average Bonchev–Trinajstić information content (AvgIpc) is 3.37. The van der Waals surface area contributed by atoms with Crippen molar-refractivity contribution in [3.63, 3.8) is 0 Å². The lowest BCUT2D eigenvalue weighted by atomic mass is 10.1. The fourth-order valence-electron chi connectivity index (χ4n) is 3.40. The second kappa shape index (κ2) is 7.05. The number of carbonyl (C=O) groups is 2. The van der Waals surface area contributed by atoms with Crippen molar-refractivity contribution in [1.29, 1.82) is 0 Å². The summed E-state index contributed by atoms with van der Waals surface area (Å²) in [5, 5.41) is 7.13. The number of para-hydroxylation sites is 1. The van der Waals surface area contributed by atoms with Gasteiger partial charge in [0.05, 0.1) is 11.3 Å². The Morgan fingerprint density at radius 1 is 1.13 bits per heavy atom. The first-order chi connectivity index (χ1) is 14.5. The molecule has 1 aliphatic rings. The van der Waals surface area contributed by atoms with E-state index in [4.69, 9.17) is 11.6 Å². The molecule has 0 bridgehead atoms. The number of hydrogen-bond donors (Lipinski definition) is 1. The molecule has 8 nitrogen and oxygen atoms in total. The maximum Gasteiger partial charge on any atom is 0.291 e. The topological polar surface area (TPSA) is 96.7 Å². The number of nitrogens with one attached hydrogen (secondary N) is 1. The van der Waals surface area contributed by atoms with E-state index in [0.29, 0.717) is 26.9 Å². The lowest BCUT2D eigenvalue weighted by molar-refractivity contribution is -0.118. The van der Waals surface area contributed by atoms with Crippen molar-refractivity contribution in [2.24, 2.45) is 0 Å². The number of halogens is 1. The number of hydrogen-bond acceptors (Lipinski definition) is 6.